The van der Waals surface area contributed by atoms with E-state index in [9.17, 15) is 4.79 Å². The molecular formula is C21H29N7O2. The Bertz CT molecular complexity index is 1030. The number of carbonyl (C=O) groups excluding carboxylic acids is 1. The Hall–Kier alpha value is -3.10. The molecule has 0 radical (unpaired) electrons. The Morgan fingerprint density at radius 2 is 2.00 bits per heavy atom. The van der Waals surface area contributed by atoms with Crippen LogP contribution < -0.4 is 10.2 Å². The van der Waals surface area contributed by atoms with Crippen LogP contribution in [0.15, 0.2) is 30.9 Å². The van der Waals surface area contributed by atoms with Crippen LogP contribution in [0.2, 0.25) is 0 Å². The number of ether oxygens (including phenoxy) is 1. The smallest absolute Gasteiger partial charge is 0.407 e. The second kappa shape index (κ2) is 7.97. The number of carbonyl (C=O) groups is 1. The fourth-order valence-electron chi connectivity index (χ4n) is 3.73. The number of nitrogens with one attached hydrogen (secondary N) is 1. The molecule has 0 aromatic carbocycles. The molecule has 0 unspecified atom stereocenters. The monoisotopic (exact) mass is 411 g/mol. The van der Waals surface area contributed by atoms with Crippen LogP contribution in [0.4, 0.5) is 10.6 Å². The van der Waals surface area contributed by atoms with Crippen LogP contribution in [0.5, 0.6) is 0 Å². The van der Waals surface area contributed by atoms with E-state index in [0.29, 0.717) is 12.5 Å². The van der Waals surface area contributed by atoms with Crippen LogP contribution in [0, 0.1) is 5.92 Å². The van der Waals surface area contributed by atoms with Crippen LogP contribution in [-0.4, -0.2) is 55.7 Å². The van der Waals surface area contributed by atoms with Gasteiger partial charge in [-0.15, -0.1) is 0 Å². The summed E-state index contributed by atoms with van der Waals surface area (Å²) in [4.78, 5) is 19.2. The van der Waals surface area contributed by atoms with Gasteiger partial charge in [0.1, 0.15) is 11.1 Å². The zero-order valence-corrected chi connectivity index (χ0v) is 18.0. The lowest BCUT2D eigenvalue weighted by molar-refractivity contribution is 0.0517. The predicted molar refractivity (Wildman–Crippen MR) is 114 cm³/mol. The highest BCUT2D eigenvalue weighted by Gasteiger charge is 2.24. The molecule has 0 spiro atoms. The first-order valence-electron chi connectivity index (χ1n) is 10.3. The van der Waals surface area contributed by atoms with Crippen LogP contribution in [0.3, 0.4) is 0 Å². The molecule has 1 saturated heterocycles. The molecule has 1 aliphatic rings. The van der Waals surface area contributed by atoms with E-state index in [1.807, 2.05) is 57.0 Å². The Morgan fingerprint density at radius 1 is 1.23 bits per heavy atom. The minimum absolute atomic E-state index is 0.350. The van der Waals surface area contributed by atoms with E-state index in [2.05, 4.69) is 20.4 Å². The first kappa shape index (κ1) is 20.2. The number of hydrogen-bond donors (Lipinski definition) is 1. The van der Waals surface area contributed by atoms with Gasteiger partial charge in [-0.3, -0.25) is 4.68 Å². The number of piperidine rings is 1. The van der Waals surface area contributed by atoms with Crippen molar-refractivity contribution in [3.63, 3.8) is 0 Å². The van der Waals surface area contributed by atoms with Crippen LogP contribution in [0.1, 0.15) is 33.6 Å². The van der Waals surface area contributed by atoms with Gasteiger partial charge in [0.05, 0.1) is 24.3 Å². The third kappa shape index (κ3) is 4.55. The zero-order chi connectivity index (χ0) is 21.3. The van der Waals surface area contributed by atoms with Crippen molar-refractivity contribution in [2.45, 2.75) is 39.2 Å². The lowest BCUT2D eigenvalue weighted by atomic mass is 9.97. The molecule has 0 atom stereocenters. The highest BCUT2D eigenvalue weighted by Crippen LogP contribution is 2.28. The van der Waals surface area contributed by atoms with Crippen molar-refractivity contribution in [2.75, 3.05) is 24.5 Å². The number of nitrogens with zero attached hydrogens (tertiary/aromatic N) is 6. The molecule has 3 aromatic heterocycles. The average molecular weight is 412 g/mol. The molecule has 0 bridgehead atoms. The molecule has 4 heterocycles. The first-order valence-corrected chi connectivity index (χ1v) is 10.3. The molecule has 160 valence electrons. The van der Waals surface area contributed by atoms with Crippen molar-refractivity contribution in [1.29, 1.82) is 0 Å². The van der Waals surface area contributed by atoms with Crippen molar-refractivity contribution in [3.05, 3.63) is 30.9 Å². The number of amides is 1. The molecule has 0 aliphatic carbocycles. The van der Waals surface area contributed by atoms with Gasteiger partial charge >= 0.3 is 6.09 Å². The molecule has 1 amide bonds. The van der Waals surface area contributed by atoms with Gasteiger partial charge < -0.3 is 15.0 Å². The van der Waals surface area contributed by atoms with E-state index < -0.39 is 5.60 Å². The number of anilines is 1. The number of hydrogen-bond acceptors (Lipinski definition) is 6. The van der Waals surface area contributed by atoms with Gasteiger partial charge in [-0.05, 0) is 45.6 Å². The number of aryl methyl sites for hydroxylation is 1. The minimum Gasteiger partial charge on any atom is -0.444 e. The summed E-state index contributed by atoms with van der Waals surface area (Å²) in [5.41, 5.74) is 2.33. The van der Waals surface area contributed by atoms with E-state index in [4.69, 9.17) is 9.72 Å². The summed E-state index contributed by atoms with van der Waals surface area (Å²) < 4.78 is 8.98. The van der Waals surface area contributed by atoms with E-state index >= 15 is 0 Å². The maximum atomic E-state index is 11.9. The van der Waals surface area contributed by atoms with Crippen molar-refractivity contribution in [3.8, 4) is 11.3 Å². The van der Waals surface area contributed by atoms with E-state index in [1.165, 1.54) is 0 Å². The van der Waals surface area contributed by atoms with Gasteiger partial charge in [0, 0.05) is 38.4 Å². The van der Waals surface area contributed by atoms with E-state index in [0.717, 1.165) is 48.5 Å². The summed E-state index contributed by atoms with van der Waals surface area (Å²) in [7, 11) is 1.90. The molecule has 30 heavy (non-hydrogen) atoms. The lowest BCUT2D eigenvalue weighted by Gasteiger charge is -2.33. The fraction of sp³-hybridized carbons (Fsp3) is 0.524. The van der Waals surface area contributed by atoms with Crippen LogP contribution >= 0.6 is 0 Å². The molecule has 1 aliphatic heterocycles. The topological polar surface area (TPSA) is 89.6 Å². The van der Waals surface area contributed by atoms with Crippen molar-refractivity contribution >= 4 is 17.4 Å². The van der Waals surface area contributed by atoms with E-state index in [1.54, 1.807) is 10.9 Å². The van der Waals surface area contributed by atoms with Gasteiger partial charge in [-0.25, -0.2) is 14.3 Å². The minimum atomic E-state index is -0.477. The number of rotatable bonds is 4. The average Bonchev–Trinajstić information content (AvgIpc) is 3.33. The maximum Gasteiger partial charge on any atom is 0.407 e. The summed E-state index contributed by atoms with van der Waals surface area (Å²) >= 11 is 0. The molecule has 4 rings (SSSR count). The fourth-order valence-corrected chi connectivity index (χ4v) is 3.73. The summed E-state index contributed by atoms with van der Waals surface area (Å²) in [5.74, 6) is 1.36. The Morgan fingerprint density at radius 3 is 2.67 bits per heavy atom. The van der Waals surface area contributed by atoms with E-state index in [-0.39, 0.29) is 6.09 Å². The maximum absolute atomic E-state index is 11.9. The normalized spacial score (nSPS) is 15.5. The third-order valence-corrected chi connectivity index (χ3v) is 5.22. The van der Waals surface area contributed by atoms with Gasteiger partial charge in [-0.1, -0.05) is 0 Å². The summed E-state index contributed by atoms with van der Waals surface area (Å²) in [5, 5.41) is 11.6. The summed E-state index contributed by atoms with van der Waals surface area (Å²) in [6, 6.07) is 1.99. The standard InChI is InChI=1S/C21H29N7O2/c1-21(2,3)30-20(29)22-11-15-6-9-27(10-7-15)19-18-5-8-23-28(18)14-17(25-19)16-12-24-26(4)13-16/h5,8,12-15H,6-7,9-11H2,1-4H3,(H,22,29). The first-order chi connectivity index (χ1) is 14.3. The van der Waals surface area contributed by atoms with Crippen LogP contribution in [-0.2, 0) is 11.8 Å². The number of aromatic nitrogens is 5. The predicted octanol–water partition coefficient (Wildman–Crippen LogP) is 2.87. The van der Waals surface area contributed by atoms with Crippen molar-refractivity contribution in [1.82, 2.24) is 29.7 Å². The summed E-state index contributed by atoms with van der Waals surface area (Å²) in [6.45, 7) is 8.00. The second-order valence-corrected chi connectivity index (χ2v) is 8.83. The highest BCUT2D eigenvalue weighted by molar-refractivity contribution is 5.72. The van der Waals surface area contributed by atoms with Crippen LogP contribution in [0.25, 0.3) is 16.8 Å². The number of alkyl carbamates (subject to hydrolysis) is 1. The van der Waals surface area contributed by atoms with Gasteiger partial charge in [-0.2, -0.15) is 10.2 Å². The third-order valence-electron chi connectivity index (χ3n) is 5.22. The largest absolute Gasteiger partial charge is 0.444 e. The van der Waals surface area contributed by atoms with Gasteiger partial charge in [0.25, 0.3) is 0 Å². The lowest BCUT2D eigenvalue weighted by Crippen LogP contribution is -2.40. The van der Waals surface area contributed by atoms with Gasteiger partial charge in [0.15, 0.2) is 5.82 Å². The molecule has 0 saturated carbocycles. The Labute approximate surface area is 176 Å². The quantitative estimate of drug-likeness (QED) is 0.710. The molecule has 3 aromatic rings. The summed E-state index contributed by atoms with van der Waals surface area (Å²) in [6.07, 6.45) is 9.12. The molecule has 1 N–H and O–H groups in total. The highest BCUT2D eigenvalue weighted by atomic mass is 16.6. The molecular weight excluding hydrogens is 382 g/mol. The SMILES string of the molecule is Cn1cc(-c2cn3nccc3c(N3CCC(CNC(=O)OC(C)(C)C)CC3)n2)cn1. The molecule has 9 nitrogen and oxygen atoms in total. The molecule has 9 heteroatoms. The number of fused-ring (bicyclic) bond motifs is 1. The Balaban J connectivity index is 1.43. The zero-order valence-electron chi connectivity index (χ0n) is 18.0. The molecule has 1 fully saturated rings. The second-order valence-electron chi connectivity index (χ2n) is 8.83. The Kier molecular flexibility index (Phi) is 5.36. The van der Waals surface area contributed by atoms with Crippen molar-refractivity contribution < 1.29 is 9.53 Å². The van der Waals surface area contributed by atoms with Crippen molar-refractivity contribution in [2.24, 2.45) is 13.0 Å². The van der Waals surface area contributed by atoms with Gasteiger partial charge in [0.2, 0.25) is 0 Å².